The second-order valence-electron chi connectivity index (χ2n) is 7.14. The summed E-state index contributed by atoms with van der Waals surface area (Å²) in [5.41, 5.74) is -1.57. The first-order valence-electron chi connectivity index (χ1n) is 9.11. The van der Waals surface area contributed by atoms with E-state index in [0.29, 0.717) is 23.9 Å². The number of hydrogen-bond acceptors (Lipinski definition) is 3. The van der Waals surface area contributed by atoms with Gasteiger partial charge in [0.1, 0.15) is 5.82 Å². The molecule has 0 aromatic heterocycles. The summed E-state index contributed by atoms with van der Waals surface area (Å²) in [5.74, 6) is -1.93. The Morgan fingerprint density at radius 2 is 1.67 bits per heavy atom. The van der Waals surface area contributed by atoms with E-state index >= 15 is 0 Å². The predicted octanol–water partition coefficient (Wildman–Crippen LogP) is 4.90. The molecule has 1 N–H and O–H groups in total. The van der Waals surface area contributed by atoms with Crippen molar-refractivity contribution in [2.45, 2.75) is 48.0 Å². The molecular formula is C20H18ClF4NO3S. The molecule has 0 radical (unpaired) electrons. The topological polar surface area (TPSA) is 63.2 Å². The summed E-state index contributed by atoms with van der Waals surface area (Å²) in [6, 6.07) is 7.50. The van der Waals surface area contributed by atoms with E-state index in [0.717, 1.165) is 12.1 Å². The van der Waals surface area contributed by atoms with E-state index < -0.39 is 44.6 Å². The van der Waals surface area contributed by atoms with Gasteiger partial charge in [0.25, 0.3) is 0 Å². The van der Waals surface area contributed by atoms with Crippen LogP contribution >= 0.6 is 11.6 Å². The van der Waals surface area contributed by atoms with Gasteiger partial charge in [-0.1, -0.05) is 30.5 Å². The van der Waals surface area contributed by atoms with Crippen LogP contribution in [0.2, 0.25) is 5.02 Å². The summed E-state index contributed by atoms with van der Waals surface area (Å²) < 4.78 is 77.6. The highest BCUT2D eigenvalue weighted by Gasteiger charge is 2.52. The Hall–Kier alpha value is -2.13. The van der Waals surface area contributed by atoms with Crippen LogP contribution in [0.4, 0.5) is 17.6 Å². The van der Waals surface area contributed by atoms with E-state index in [-0.39, 0.29) is 23.3 Å². The normalized spacial score (nSPS) is 16.4. The zero-order chi connectivity index (χ0) is 22.2. The fraction of sp³-hybridized carbons (Fsp3) is 0.350. The second kappa shape index (κ2) is 8.19. The average molecular weight is 464 g/mol. The lowest BCUT2D eigenvalue weighted by Gasteiger charge is -2.28. The fourth-order valence-electron chi connectivity index (χ4n) is 3.71. The van der Waals surface area contributed by atoms with Crippen molar-refractivity contribution in [2.24, 2.45) is 0 Å². The van der Waals surface area contributed by atoms with Crippen LogP contribution in [0.3, 0.4) is 0 Å². The average Bonchev–Trinajstić information content (AvgIpc) is 3.18. The Morgan fingerprint density at radius 3 is 2.23 bits per heavy atom. The Morgan fingerprint density at radius 1 is 1.07 bits per heavy atom. The van der Waals surface area contributed by atoms with Gasteiger partial charge in [0, 0.05) is 11.6 Å². The molecule has 2 aromatic carbocycles. The molecule has 10 heteroatoms. The minimum atomic E-state index is -4.82. The van der Waals surface area contributed by atoms with Gasteiger partial charge >= 0.3 is 6.18 Å². The molecule has 2 aromatic rings. The first kappa shape index (κ1) is 22.6. The molecule has 1 aliphatic carbocycles. The lowest BCUT2D eigenvalue weighted by Crippen LogP contribution is -2.50. The molecule has 0 heterocycles. The van der Waals surface area contributed by atoms with Crippen LogP contribution in [0.25, 0.3) is 0 Å². The molecule has 30 heavy (non-hydrogen) atoms. The van der Waals surface area contributed by atoms with Crippen molar-refractivity contribution in [3.8, 4) is 0 Å². The number of halogens is 5. The van der Waals surface area contributed by atoms with Crippen LogP contribution in [0.1, 0.15) is 36.8 Å². The Labute approximate surface area is 176 Å². The minimum absolute atomic E-state index is 0.0549. The van der Waals surface area contributed by atoms with Crippen molar-refractivity contribution in [1.82, 2.24) is 5.32 Å². The van der Waals surface area contributed by atoms with E-state index in [2.05, 4.69) is 5.32 Å². The molecule has 0 spiro atoms. The molecule has 0 saturated heterocycles. The first-order valence-corrected chi connectivity index (χ1v) is 11.0. The molecule has 0 unspecified atom stereocenters. The number of alkyl halides is 3. The summed E-state index contributed by atoms with van der Waals surface area (Å²) in [6.45, 7) is -0.578. The molecule has 1 aliphatic rings. The van der Waals surface area contributed by atoms with Gasteiger partial charge < -0.3 is 5.32 Å². The van der Waals surface area contributed by atoms with Gasteiger partial charge in [-0.15, -0.1) is 0 Å². The van der Waals surface area contributed by atoms with E-state index in [1.165, 1.54) is 24.3 Å². The monoisotopic (exact) mass is 463 g/mol. The van der Waals surface area contributed by atoms with Gasteiger partial charge in [0.15, 0.2) is 14.6 Å². The van der Waals surface area contributed by atoms with Gasteiger partial charge in [-0.2, -0.15) is 13.2 Å². The SMILES string of the molecule is O=C(NCc1ccc(F)cc1C(F)(F)F)C1(S(=O)(=O)c2ccc(Cl)cc2)CCCC1. The van der Waals surface area contributed by atoms with E-state index in [4.69, 9.17) is 11.6 Å². The standard InChI is InChI=1S/C20H18ClF4NO3S/c21-14-4-7-16(8-5-14)30(28,29)19(9-1-2-10-19)18(27)26-12-13-3-6-15(22)11-17(13)20(23,24)25/h3-8,11H,1-2,9-10,12H2,(H,26,27). The first-order chi connectivity index (χ1) is 14.0. The molecule has 4 nitrogen and oxygen atoms in total. The summed E-state index contributed by atoms with van der Waals surface area (Å²) in [6.07, 6.45) is -3.73. The third-order valence-corrected chi connectivity index (χ3v) is 8.05. The molecule has 1 fully saturated rings. The van der Waals surface area contributed by atoms with Crippen molar-refractivity contribution in [3.05, 3.63) is 64.4 Å². The van der Waals surface area contributed by atoms with Crippen LogP contribution in [0, 0.1) is 5.82 Å². The maximum absolute atomic E-state index is 13.3. The van der Waals surface area contributed by atoms with Gasteiger partial charge in [0.2, 0.25) is 5.91 Å². The highest BCUT2D eigenvalue weighted by molar-refractivity contribution is 7.93. The van der Waals surface area contributed by atoms with Crippen molar-refractivity contribution < 1.29 is 30.8 Å². The summed E-state index contributed by atoms with van der Waals surface area (Å²) in [7, 11) is -4.12. The van der Waals surface area contributed by atoms with Crippen molar-refractivity contribution in [2.75, 3.05) is 0 Å². The number of carbonyl (C=O) groups is 1. The van der Waals surface area contributed by atoms with Crippen LogP contribution in [0.15, 0.2) is 47.4 Å². The number of hydrogen-bond donors (Lipinski definition) is 1. The molecule has 162 valence electrons. The molecule has 3 rings (SSSR count). The lowest BCUT2D eigenvalue weighted by molar-refractivity contribution is -0.138. The zero-order valence-electron chi connectivity index (χ0n) is 15.6. The van der Waals surface area contributed by atoms with Crippen molar-refractivity contribution >= 4 is 27.3 Å². The molecule has 0 aliphatic heterocycles. The van der Waals surface area contributed by atoms with Crippen LogP contribution in [-0.4, -0.2) is 19.1 Å². The number of sulfone groups is 1. The van der Waals surface area contributed by atoms with Crippen LogP contribution in [0.5, 0.6) is 0 Å². The quantitative estimate of drug-likeness (QED) is 0.641. The van der Waals surface area contributed by atoms with E-state index in [1.54, 1.807) is 0 Å². The zero-order valence-corrected chi connectivity index (χ0v) is 17.2. The van der Waals surface area contributed by atoms with E-state index in [1.807, 2.05) is 0 Å². The summed E-state index contributed by atoms with van der Waals surface area (Å²) in [5, 5.41) is 2.66. The molecule has 0 atom stereocenters. The molecular weight excluding hydrogens is 446 g/mol. The highest BCUT2D eigenvalue weighted by atomic mass is 35.5. The van der Waals surface area contributed by atoms with Gasteiger partial charge in [-0.05, 0) is 54.8 Å². The maximum Gasteiger partial charge on any atom is 0.416 e. The lowest BCUT2D eigenvalue weighted by atomic mass is 10.0. The van der Waals surface area contributed by atoms with Crippen LogP contribution < -0.4 is 5.32 Å². The van der Waals surface area contributed by atoms with Crippen LogP contribution in [-0.2, 0) is 27.4 Å². The summed E-state index contributed by atoms with van der Waals surface area (Å²) in [4.78, 5) is 12.9. The Balaban J connectivity index is 1.90. The number of amides is 1. The number of benzene rings is 2. The Bertz CT molecular complexity index is 1050. The predicted molar refractivity (Wildman–Crippen MR) is 103 cm³/mol. The third kappa shape index (κ3) is 4.18. The largest absolute Gasteiger partial charge is 0.416 e. The number of nitrogens with one attached hydrogen (secondary N) is 1. The maximum atomic E-state index is 13.3. The van der Waals surface area contributed by atoms with Crippen molar-refractivity contribution in [3.63, 3.8) is 0 Å². The van der Waals surface area contributed by atoms with Gasteiger partial charge in [0.05, 0.1) is 10.5 Å². The number of rotatable bonds is 5. The van der Waals surface area contributed by atoms with Gasteiger partial charge in [-0.25, -0.2) is 12.8 Å². The van der Waals surface area contributed by atoms with Gasteiger partial charge in [-0.3, -0.25) is 4.79 Å². The van der Waals surface area contributed by atoms with E-state index in [9.17, 15) is 30.8 Å². The minimum Gasteiger partial charge on any atom is -0.351 e. The molecule has 0 bridgehead atoms. The van der Waals surface area contributed by atoms with Crippen molar-refractivity contribution in [1.29, 1.82) is 0 Å². The molecule has 1 amide bonds. The molecule has 1 saturated carbocycles. The smallest absolute Gasteiger partial charge is 0.351 e. The summed E-state index contributed by atoms with van der Waals surface area (Å²) >= 11 is 5.81. The fourth-order valence-corrected chi connectivity index (χ4v) is 5.92. The number of carbonyl (C=O) groups excluding carboxylic acids is 1. The highest BCUT2D eigenvalue weighted by Crippen LogP contribution is 2.41. The second-order valence-corrected chi connectivity index (χ2v) is 9.84. The third-order valence-electron chi connectivity index (χ3n) is 5.28. The Kier molecular flexibility index (Phi) is 6.15.